The summed E-state index contributed by atoms with van der Waals surface area (Å²) >= 11 is -0.560. The molecular formula is C12H10O2SSe. The van der Waals surface area contributed by atoms with E-state index in [-0.39, 0.29) is 0 Å². The summed E-state index contributed by atoms with van der Waals surface area (Å²) in [6.45, 7) is 0. The molecule has 0 bridgehead atoms. The van der Waals surface area contributed by atoms with E-state index in [9.17, 15) is 8.42 Å². The van der Waals surface area contributed by atoms with Gasteiger partial charge in [0, 0.05) is 0 Å². The Kier molecular flexibility index (Phi) is 3.44. The molecule has 0 aliphatic rings. The number of hydrogen-bond donors (Lipinski definition) is 0. The van der Waals surface area contributed by atoms with Gasteiger partial charge >= 0.3 is 101 Å². The van der Waals surface area contributed by atoms with E-state index in [1.165, 1.54) is 0 Å². The van der Waals surface area contributed by atoms with Crippen LogP contribution in [0.15, 0.2) is 65.6 Å². The fourth-order valence-corrected chi connectivity index (χ4v) is 6.12. The van der Waals surface area contributed by atoms with Gasteiger partial charge < -0.3 is 0 Å². The van der Waals surface area contributed by atoms with Crippen LogP contribution in [0.1, 0.15) is 0 Å². The van der Waals surface area contributed by atoms with Gasteiger partial charge in [-0.1, -0.05) is 0 Å². The molecule has 0 fully saturated rings. The summed E-state index contributed by atoms with van der Waals surface area (Å²) < 4.78 is 24.9. The van der Waals surface area contributed by atoms with Gasteiger partial charge in [0.05, 0.1) is 0 Å². The molecule has 16 heavy (non-hydrogen) atoms. The van der Waals surface area contributed by atoms with Crippen molar-refractivity contribution in [3.63, 3.8) is 0 Å². The van der Waals surface area contributed by atoms with Crippen molar-refractivity contribution in [3.05, 3.63) is 60.7 Å². The normalized spacial score (nSPS) is 11.2. The Balaban J connectivity index is 2.29. The molecule has 0 atom stereocenters. The van der Waals surface area contributed by atoms with Gasteiger partial charge in [-0.05, 0) is 0 Å². The Morgan fingerprint density at radius 3 is 1.81 bits per heavy atom. The van der Waals surface area contributed by atoms with Gasteiger partial charge in [0.2, 0.25) is 0 Å². The van der Waals surface area contributed by atoms with E-state index in [4.69, 9.17) is 0 Å². The molecule has 0 spiro atoms. The SMILES string of the molecule is O=S(=O)([Se]c1ccccc1)c1ccccc1. The summed E-state index contributed by atoms with van der Waals surface area (Å²) in [6, 6.07) is 17.9. The molecule has 82 valence electrons. The third-order valence-electron chi connectivity index (χ3n) is 1.98. The Morgan fingerprint density at radius 1 is 0.750 bits per heavy atom. The van der Waals surface area contributed by atoms with Crippen LogP contribution < -0.4 is 4.46 Å². The van der Waals surface area contributed by atoms with Crippen LogP contribution >= 0.6 is 0 Å². The standard InChI is InChI=1S/C12H10O2SSe/c13-15(14,11-7-3-1-4-8-11)16-12-9-5-2-6-10-12/h1-10H. The van der Waals surface area contributed by atoms with Crippen LogP contribution in [0.5, 0.6) is 0 Å². The molecular weight excluding hydrogens is 287 g/mol. The zero-order valence-corrected chi connectivity index (χ0v) is 10.9. The summed E-state index contributed by atoms with van der Waals surface area (Å²) in [5.74, 6) is 0. The first-order chi connectivity index (χ1) is 7.68. The molecule has 0 saturated carbocycles. The van der Waals surface area contributed by atoms with E-state index >= 15 is 0 Å². The van der Waals surface area contributed by atoms with Gasteiger partial charge in [0.25, 0.3) is 0 Å². The molecule has 0 N–H and O–H groups in total. The monoisotopic (exact) mass is 298 g/mol. The molecule has 0 aliphatic carbocycles. The Morgan fingerprint density at radius 2 is 1.25 bits per heavy atom. The molecule has 2 rings (SSSR count). The van der Waals surface area contributed by atoms with Crippen LogP contribution in [-0.4, -0.2) is 22.3 Å². The van der Waals surface area contributed by atoms with Crippen LogP contribution in [0.3, 0.4) is 0 Å². The average Bonchev–Trinajstić information content (AvgIpc) is 2.31. The summed E-state index contributed by atoms with van der Waals surface area (Å²) in [7, 11) is -3.15. The number of hydrogen-bond acceptors (Lipinski definition) is 2. The van der Waals surface area contributed by atoms with Crippen molar-refractivity contribution < 1.29 is 8.42 Å². The van der Waals surface area contributed by atoms with Gasteiger partial charge in [0.1, 0.15) is 0 Å². The molecule has 0 aliphatic heterocycles. The molecule has 0 radical (unpaired) electrons. The maximum atomic E-state index is 12.0. The first kappa shape index (κ1) is 11.4. The fourth-order valence-electron chi connectivity index (χ4n) is 1.24. The molecule has 0 aromatic heterocycles. The topological polar surface area (TPSA) is 34.1 Å². The van der Waals surface area contributed by atoms with E-state index in [1.54, 1.807) is 24.3 Å². The second-order valence-electron chi connectivity index (χ2n) is 3.16. The quantitative estimate of drug-likeness (QED) is 0.803. The van der Waals surface area contributed by atoms with E-state index in [2.05, 4.69) is 0 Å². The van der Waals surface area contributed by atoms with E-state index < -0.39 is 22.1 Å². The molecule has 2 aromatic carbocycles. The van der Waals surface area contributed by atoms with Crippen molar-refractivity contribution in [2.24, 2.45) is 0 Å². The molecule has 2 nitrogen and oxygen atoms in total. The van der Waals surface area contributed by atoms with E-state index in [0.29, 0.717) is 4.90 Å². The third kappa shape index (κ3) is 2.73. The zero-order valence-electron chi connectivity index (χ0n) is 8.41. The predicted octanol–water partition coefficient (Wildman–Crippen LogP) is 1.40. The Hall–Kier alpha value is -1.09. The predicted molar refractivity (Wildman–Crippen MR) is 65.5 cm³/mol. The van der Waals surface area contributed by atoms with Gasteiger partial charge in [-0.25, -0.2) is 0 Å². The minimum absolute atomic E-state index is 0.402. The summed E-state index contributed by atoms with van der Waals surface area (Å²) in [4.78, 5) is 0.402. The molecule has 0 amide bonds. The van der Waals surface area contributed by atoms with Crippen LogP contribution in [0.4, 0.5) is 0 Å². The van der Waals surface area contributed by atoms with Crippen molar-refractivity contribution in [2.45, 2.75) is 4.90 Å². The first-order valence-corrected chi connectivity index (χ1v) is 9.09. The van der Waals surface area contributed by atoms with Crippen molar-refractivity contribution in [1.82, 2.24) is 0 Å². The van der Waals surface area contributed by atoms with Crippen molar-refractivity contribution >= 4 is 26.6 Å². The van der Waals surface area contributed by atoms with Gasteiger partial charge in [0.15, 0.2) is 0 Å². The molecule has 2 aromatic rings. The van der Waals surface area contributed by atoms with E-state index in [1.807, 2.05) is 36.4 Å². The zero-order chi connectivity index (χ0) is 11.4. The second kappa shape index (κ2) is 4.83. The number of rotatable bonds is 3. The van der Waals surface area contributed by atoms with Gasteiger partial charge in [-0.15, -0.1) is 0 Å². The van der Waals surface area contributed by atoms with Crippen molar-refractivity contribution in [2.75, 3.05) is 0 Å². The number of benzene rings is 2. The first-order valence-electron chi connectivity index (χ1n) is 4.73. The summed E-state index contributed by atoms with van der Waals surface area (Å²) in [5.41, 5.74) is 0. The molecule has 0 heterocycles. The fraction of sp³-hybridized carbons (Fsp3) is 0. The van der Waals surface area contributed by atoms with Crippen LogP contribution in [-0.2, 0) is 8.26 Å². The average molecular weight is 297 g/mol. The van der Waals surface area contributed by atoms with Crippen molar-refractivity contribution in [1.29, 1.82) is 0 Å². The molecule has 0 saturated heterocycles. The van der Waals surface area contributed by atoms with E-state index in [0.717, 1.165) is 4.46 Å². The minimum atomic E-state index is -3.15. The third-order valence-corrected chi connectivity index (χ3v) is 7.62. The maximum absolute atomic E-state index is 12.0. The van der Waals surface area contributed by atoms with Crippen LogP contribution in [0, 0.1) is 0 Å². The molecule has 0 unspecified atom stereocenters. The summed E-state index contributed by atoms with van der Waals surface area (Å²) in [6.07, 6.45) is 0. The van der Waals surface area contributed by atoms with Gasteiger partial charge in [-0.2, -0.15) is 0 Å². The second-order valence-corrected chi connectivity index (χ2v) is 9.51. The van der Waals surface area contributed by atoms with Crippen molar-refractivity contribution in [3.8, 4) is 0 Å². The van der Waals surface area contributed by atoms with Gasteiger partial charge in [-0.3, -0.25) is 0 Å². The Bertz CT molecular complexity index is 550. The summed E-state index contributed by atoms with van der Waals surface area (Å²) in [5, 5.41) is 0. The molecule has 4 heteroatoms. The van der Waals surface area contributed by atoms with Crippen LogP contribution in [0.2, 0.25) is 0 Å². The van der Waals surface area contributed by atoms with Crippen LogP contribution in [0.25, 0.3) is 0 Å². The Labute approximate surface area is 100 Å².